The molecule has 1 saturated carbocycles. The number of aliphatic hydroxyl groups is 1. The Labute approximate surface area is 184 Å². The first-order chi connectivity index (χ1) is 14.5. The van der Waals surface area contributed by atoms with Gasteiger partial charge in [-0.1, -0.05) is 109 Å². The topological polar surface area (TPSA) is 20.2 Å². The van der Waals surface area contributed by atoms with Crippen molar-refractivity contribution in [3.05, 3.63) is 85.0 Å². The molecule has 0 amide bonds. The Kier molecular flexibility index (Phi) is 7.91. The van der Waals surface area contributed by atoms with E-state index in [4.69, 9.17) is 0 Å². The maximum absolute atomic E-state index is 12.6. The smallest absolute Gasteiger partial charge is 0.154 e. The number of rotatable bonds is 9. The molecule has 1 unspecified atom stereocenters. The van der Waals surface area contributed by atoms with Crippen molar-refractivity contribution in [1.29, 1.82) is 0 Å². The Balaban J connectivity index is 2.13. The molecule has 30 heavy (non-hydrogen) atoms. The quantitative estimate of drug-likeness (QED) is 0.299. The highest BCUT2D eigenvalue weighted by molar-refractivity contribution is 7.03. The van der Waals surface area contributed by atoms with Gasteiger partial charge >= 0.3 is 0 Å². The summed E-state index contributed by atoms with van der Waals surface area (Å²) < 4.78 is 0. The van der Waals surface area contributed by atoms with Gasteiger partial charge in [0, 0.05) is 0 Å². The van der Waals surface area contributed by atoms with E-state index in [2.05, 4.69) is 86.8 Å². The van der Waals surface area contributed by atoms with Crippen molar-refractivity contribution in [2.45, 2.75) is 70.1 Å². The van der Waals surface area contributed by atoms with Gasteiger partial charge in [-0.2, -0.15) is 0 Å². The molecule has 1 aliphatic carbocycles. The molecule has 1 atom stereocenters. The van der Waals surface area contributed by atoms with Crippen molar-refractivity contribution < 1.29 is 5.11 Å². The first kappa shape index (κ1) is 22.8. The van der Waals surface area contributed by atoms with Crippen LogP contribution in [0.2, 0.25) is 6.55 Å². The van der Waals surface area contributed by atoms with Crippen molar-refractivity contribution >= 4 is 18.4 Å². The minimum Gasteiger partial charge on any atom is -0.388 e. The molecule has 1 nitrogen and oxygen atoms in total. The lowest BCUT2D eigenvalue weighted by Crippen LogP contribution is -2.72. The minimum absolute atomic E-state index is 0.606. The summed E-state index contributed by atoms with van der Waals surface area (Å²) in [5.41, 5.74) is 1.18. The summed E-state index contributed by atoms with van der Waals surface area (Å²) in [6.07, 6.45) is 13.6. The van der Waals surface area contributed by atoms with Crippen LogP contribution in [-0.2, 0) is 0 Å². The third-order valence-electron chi connectivity index (χ3n) is 7.26. The summed E-state index contributed by atoms with van der Waals surface area (Å²) in [7, 11) is -2.50. The van der Waals surface area contributed by atoms with Crippen LogP contribution in [0.3, 0.4) is 0 Å². The van der Waals surface area contributed by atoms with E-state index in [-0.39, 0.29) is 0 Å². The first-order valence-electron chi connectivity index (χ1n) is 11.7. The molecule has 0 heterocycles. The standard InChI is InChI=1S/C28H38OSi/c1-4-5-15-22-28(29,24(2)23-25-16-9-6-10-17-25)30(3,26-18-11-7-12-19-26)27-20-13-8-14-21-27/h4,7-8,11-14,18-21,23,25,29H,1,5-6,9-10,15-17,22H2,2-3H3/b24-23+. The Morgan fingerprint density at radius 1 is 1.00 bits per heavy atom. The molecule has 1 fully saturated rings. The first-order valence-corrected chi connectivity index (χ1v) is 14.2. The Hall–Kier alpha value is -1.90. The third kappa shape index (κ3) is 4.71. The zero-order chi connectivity index (χ0) is 21.5. The molecule has 0 aromatic heterocycles. The number of allylic oxidation sites excluding steroid dienone is 2. The van der Waals surface area contributed by atoms with Crippen molar-refractivity contribution in [1.82, 2.24) is 0 Å². The molecule has 160 valence electrons. The highest BCUT2D eigenvalue weighted by Gasteiger charge is 2.52. The fourth-order valence-corrected chi connectivity index (χ4v) is 9.88. The van der Waals surface area contributed by atoms with E-state index in [9.17, 15) is 5.11 Å². The van der Waals surface area contributed by atoms with Crippen LogP contribution in [0.4, 0.5) is 0 Å². The van der Waals surface area contributed by atoms with Crippen LogP contribution >= 0.6 is 0 Å². The van der Waals surface area contributed by atoms with Gasteiger partial charge in [0.05, 0.1) is 5.22 Å². The molecule has 3 rings (SSSR count). The lowest BCUT2D eigenvalue weighted by atomic mass is 9.87. The minimum atomic E-state index is -2.50. The fraction of sp³-hybridized carbons (Fsp3) is 0.429. The maximum atomic E-state index is 12.6. The zero-order valence-electron chi connectivity index (χ0n) is 18.8. The number of hydrogen-bond acceptors (Lipinski definition) is 1. The molecular weight excluding hydrogens is 380 g/mol. The van der Waals surface area contributed by atoms with Crippen LogP contribution < -0.4 is 10.4 Å². The molecule has 0 radical (unpaired) electrons. The maximum Gasteiger partial charge on any atom is 0.154 e. The molecule has 2 aromatic rings. The SMILES string of the molecule is C=CCCCC(O)(/C(C)=C/C1CCCCC1)[Si](C)(c1ccccc1)c1ccccc1. The average Bonchev–Trinajstić information content (AvgIpc) is 2.80. The van der Waals surface area contributed by atoms with Crippen LogP contribution in [0.5, 0.6) is 0 Å². The molecule has 1 aliphatic rings. The largest absolute Gasteiger partial charge is 0.388 e. The van der Waals surface area contributed by atoms with Gasteiger partial charge in [-0.3, -0.25) is 0 Å². The van der Waals surface area contributed by atoms with E-state index in [0.29, 0.717) is 5.92 Å². The molecule has 0 saturated heterocycles. The third-order valence-corrected chi connectivity index (χ3v) is 12.5. The summed E-state index contributed by atoms with van der Waals surface area (Å²) in [5, 5.41) is 14.4. The summed E-state index contributed by atoms with van der Waals surface area (Å²) in [6.45, 7) is 8.47. The van der Waals surface area contributed by atoms with Crippen molar-refractivity contribution in [3.63, 3.8) is 0 Å². The van der Waals surface area contributed by atoms with Gasteiger partial charge in [0.1, 0.15) is 0 Å². The van der Waals surface area contributed by atoms with Gasteiger partial charge in [0.15, 0.2) is 8.07 Å². The van der Waals surface area contributed by atoms with Crippen LogP contribution in [0, 0.1) is 5.92 Å². The number of benzene rings is 2. The molecule has 1 N–H and O–H groups in total. The highest BCUT2D eigenvalue weighted by Crippen LogP contribution is 2.36. The summed E-state index contributed by atoms with van der Waals surface area (Å²) in [5.74, 6) is 0.606. The fourth-order valence-electron chi connectivity index (χ4n) is 5.32. The van der Waals surface area contributed by atoms with Crippen LogP contribution in [-0.4, -0.2) is 18.4 Å². The normalized spacial score (nSPS) is 18.0. The van der Waals surface area contributed by atoms with Crippen molar-refractivity contribution in [2.24, 2.45) is 5.92 Å². The molecule has 0 spiro atoms. The van der Waals surface area contributed by atoms with Gasteiger partial charge in [0.25, 0.3) is 0 Å². The van der Waals surface area contributed by atoms with E-state index >= 15 is 0 Å². The predicted octanol–water partition coefficient (Wildman–Crippen LogP) is 6.03. The molecule has 0 aliphatic heterocycles. The van der Waals surface area contributed by atoms with Gasteiger partial charge in [0.2, 0.25) is 0 Å². The molecule has 2 aromatic carbocycles. The van der Waals surface area contributed by atoms with Gasteiger partial charge in [-0.05, 0) is 50.5 Å². The van der Waals surface area contributed by atoms with Crippen LogP contribution in [0.25, 0.3) is 0 Å². The second kappa shape index (κ2) is 10.4. The zero-order valence-corrected chi connectivity index (χ0v) is 19.8. The predicted molar refractivity (Wildman–Crippen MR) is 133 cm³/mol. The number of unbranched alkanes of at least 4 members (excludes halogenated alkanes) is 1. The average molecular weight is 419 g/mol. The Morgan fingerprint density at radius 3 is 2.03 bits per heavy atom. The van der Waals surface area contributed by atoms with Crippen LogP contribution in [0.15, 0.2) is 85.0 Å². The van der Waals surface area contributed by atoms with Gasteiger partial charge in [-0.25, -0.2) is 0 Å². The summed E-state index contributed by atoms with van der Waals surface area (Å²) >= 11 is 0. The summed E-state index contributed by atoms with van der Waals surface area (Å²) in [4.78, 5) is 0. The van der Waals surface area contributed by atoms with Crippen molar-refractivity contribution in [2.75, 3.05) is 0 Å². The molecular formula is C28H38OSi. The molecule has 2 heteroatoms. The Morgan fingerprint density at radius 2 is 1.53 bits per heavy atom. The highest BCUT2D eigenvalue weighted by atomic mass is 28.3. The monoisotopic (exact) mass is 418 g/mol. The lowest BCUT2D eigenvalue weighted by Gasteiger charge is -2.46. The van der Waals surface area contributed by atoms with E-state index < -0.39 is 13.3 Å². The van der Waals surface area contributed by atoms with E-state index in [1.54, 1.807) is 0 Å². The van der Waals surface area contributed by atoms with Gasteiger partial charge < -0.3 is 5.11 Å². The second-order valence-electron chi connectivity index (χ2n) is 9.15. The van der Waals surface area contributed by atoms with E-state index in [1.165, 1.54) is 48.1 Å². The second-order valence-corrected chi connectivity index (χ2v) is 13.4. The van der Waals surface area contributed by atoms with Gasteiger partial charge in [-0.15, -0.1) is 6.58 Å². The number of hydrogen-bond donors (Lipinski definition) is 1. The lowest BCUT2D eigenvalue weighted by molar-refractivity contribution is 0.142. The van der Waals surface area contributed by atoms with Crippen LogP contribution in [0.1, 0.15) is 58.3 Å². The Bertz CT molecular complexity index is 781. The van der Waals surface area contributed by atoms with Crippen molar-refractivity contribution in [3.8, 4) is 0 Å². The summed E-state index contributed by atoms with van der Waals surface area (Å²) in [6, 6.07) is 21.5. The van der Waals surface area contributed by atoms with E-state index in [0.717, 1.165) is 19.3 Å². The molecule has 0 bridgehead atoms. The van der Waals surface area contributed by atoms with E-state index in [1.807, 2.05) is 6.08 Å².